The molecule has 0 aromatic heterocycles. The average Bonchev–Trinajstić information content (AvgIpc) is 2.21. The fourth-order valence-electron chi connectivity index (χ4n) is 2.02. The van der Waals surface area contributed by atoms with Crippen LogP contribution in [0.3, 0.4) is 0 Å². The Hall–Kier alpha value is -0.860. The van der Waals surface area contributed by atoms with Gasteiger partial charge in [-0.15, -0.1) is 0 Å². The summed E-state index contributed by atoms with van der Waals surface area (Å²) in [5, 5.41) is 0.636. The molecular formula is C13H15ClO2. The van der Waals surface area contributed by atoms with Crippen molar-refractivity contribution in [2.45, 2.75) is 31.8 Å². The molecule has 0 spiro atoms. The van der Waals surface area contributed by atoms with Crippen LogP contribution in [-0.2, 0) is 4.74 Å². The summed E-state index contributed by atoms with van der Waals surface area (Å²) < 4.78 is 5.37. The molecule has 1 aliphatic carbocycles. The molecule has 2 nitrogen and oxygen atoms in total. The van der Waals surface area contributed by atoms with E-state index in [1.165, 1.54) is 0 Å². The van der Waals surface area contributed by atoms with Crippen LogP contribution in [0.4, 0.5) is 0 Å². The number of aryl methyl sites for hydroxylation is 1. The summed E-state index contributed by atoms with van der Waals surface area (Å²) in [5.74, 6) is 0.0585. The lowest BCUT2D eigenvalue weighted by molar-refractivity contribution is -0.0448. The first-order chi connectivity index (χ1) is 7.59. The van der Waals surface area contributed by atoms with E-state index in [1.807, 2.05) is 19.1 Å². The third kappa shape index (κ3) is 1.76. The Balaban J connectivity index is 2.30. The lowest BCUT2D eigenvalue weighted by atomic mass is 9.75. The highest BCUT2D eigenvalue weighted by molar-refractivity contribution is 6.31. The topological polar surface area (TPSA) is 26.3 Å². The lowest BCUT2D eigenvalue weighted by Crippen LogP contribution is -2.47. The molecule has 0 N–H and O–H groups in total. The number of hydrogen-bond acceptors (Lipinski definition) is 2. The predicted octanol–water partition coefficient (Wildman–Crippen LogP) is 3.40. The first-order valence-corrected chi connectivity index (χ1v) is 5.83. The lowest BCUT2D eigenvalue weighted by Gasteiger charge is -2.38. The van der Waals surface area contributed by atoms with Crippen molar-refractivity contribution in [3.05, 3.63) is 34.3 Å². The van der Waals surface area contributed by atoms with Gasteiger partial charge in [0, 0.05) is 17.7 Å². The zero-order valence-electron chi connectivity index (χ0n) is 9.55. The molecule has 0 unspecified atom stereocenters. The highest BCUT2D eigenvalue weighted by Gasteiger charge is 2.44. The van der Waals surface area contributed by atoms with E-state index < -0.39 is 5.60 Å². The number of carbonyl (C=O) groups excluding carboxylic acids is 1. The highest BCUT2D eigenvalue weighted by Crippen LogP contribution is 2.38. The molecular weight excluding hydrogens is 224 g/mol. The van der Waals surface area contributed by atoms with Crippen molar-refractivity contribution in [1.82, 2.24) is 0 Å². The summed E-state index contributed by atoms with van der Waals surface area (Å²) in [6.07, 6.45) is 2.68. The first kappa shape index (κ1) is 11.6. The summed E-state index contributed by atoms with van der Waals surface area (Å²) in [6.45, 7) is 1.92. The summed E-state index contributed by atoms with van der Waals surface area (Å²) in [6, 6.07) is 5.43. The van der Waals surface area contributed by atoms with Crippen LogP contribution >= 0.6 is 11.6 Å². The molecule has 1 fully saturated rings. The fraction of sp³-hybridized carbons (Fsp3) is 0.462. The Kier molecular flexibility index (Phi) is 3.04. The van der Waals surface area contributed by atoms with Crippen LogP contribution in [-0.4, -0.2) is 18.5 Å². The molecule has 0 saturated heterocycles. The monoisotopic (exact) mass is 238 g/mol. The molecule has 0 amide bonds. The predicted molar refractivity (Wildman–Crippen MR) is 64.1 cm³/mol. The normalized spacial score (nSPS) is 17.9. The largest absolute Gasteiger partial charge is 0.370 e. The van der Waals surface area contributed by atoms with Crippen molar-refractivity contribution in [2.24, 2.45) is 0 Å². The Morgan fingerprint density at radius 3 is 2.56 bits per heavy atom. The van der Waals surface area contributed by atoms with E-state index in [-0.39, 0.29) is 5.78 Å². The Labute approximate surface area is 101 Å². The van der Waals surface area contributed by atoms with E-state index in [4.69, 9.17) is 16.3 Å². The van der Waals surface area contributed by atoms with Crippen molar-refractivity contribution in [3.8, 4) is 0 Å². The van der Waals surface area contributed by atoms with Crippen molar-refractivity contribution in [1.29, 1.82) is 0 Å². The van der Waals surface area contributed by atoms with Crippen molar-refractivity contribution in [2.75, 3.05) is 7.11 Å². The molecule has 0 aliphatic heterocycles. The van der Waals surface area contributed by atoms with E-state index in [0.29, 0.717) is 10.6 Å². The van der Waals surface area contributed by atoms with Gasteiger partial charge in [0.05, 0.1) is 0 Å². The van der Waals surface area contributed by atoms with Crippen LogP contribution in [0.2, 0.25) is 5.02 Å². The number of ketones is 1. The highest BCUT2D eigenvalue weighted by atomic mass is 35.5. The molecule has 1 aromatic carbocycles. The van der Waals surface area contributed by atoms with Crippen LogP contribution in [0, 0.1) is 6.92 Å². The van der Waals surface area contributed by atoms with Gasteiger partial charge in [0.25, 0.3) is 0 Å². The van der Waals surface area contributed by atoms with Gasteiger partial charge in [0.15, 0.2) is 5.78 Å². The number of benzene rings is 1. The Morgan fingerprint density at radius 2 is 2.12 bits per heavy atom. The van der Waals surface area contributed by atoms with Gasteiger partial charge >= 0.3 is 0 Å². The zero-order valence-corrected chi connectivity index (χ0v) is 10.3. The molecule has 16 heavy (non-hydrogen) atoms. The van der Waals surface area contributed by atoms with E-state index in [9.17, 15) is 4.79 Å². The quantitative estimate of drug-likeness (QED) is 0.755. The van der Waals surface area contributed by atoms with Gasteiger partial charge in [0.1, 0.15) is 5.60 Å². The molecule has 1 aromatic rings. The van der Waals surface area contributed by atoms with Gasteiger partial charge in [0.2, 0.25) is 0 Å². The van der Waals surface area contributed by atoms with E-state index in [2.05, 4.69) is 0 Å². The van der Waals surface area contributed by atoms with Crippen LogP contribution < -0.4 is 0 Å². The van der Waals surface area contributed by atoms with Gasteiger partial charge in [-0.3, -0.25) is 4.79 Å². The summed E-state index contributed by atoms with van der Waals surface area (Å²) in [7, 11) is 1.60. The van der Waals surface area contributed by atoms with Gasteiger partial charge in [-0.05, 0) is 37.8 Å². The van der Waals surface area contributed by atoms with E-state index in [1.54, 1.807) is 13.2 Å². The van der Waals surface area contributed by atoms with Gasteiger partial charge < -0.3 is 4.74 Å². The van der Waals surface area contributed by atoms with E-state index in [0.717, 1.165) is 24.8 Å². The minimum atomic E-state index is -0.585. The van der Waals surface area contributed by atoms with Gasteiger partial charge in [-0.25, -0.2) is 0 Å². The molecule has 1 saturated carbocycles. The number of methoxy groups -OCH3 is 1. The molecule has 2 rings (SSSR count). The summed E-state index contributed by atoms with van der Waals surface area (Å²) in [4.78, 5) is 12.3. The number of rotatable bonds is 3. The molecule has 0 heterocycles. The summed E-state index contributed by atoms with van der Waals surface area (Å²) in [5.41, 5.74) is 1.05. The number of hydrogen-bond donors (Lipinski definition) is 0. The van der Waals surface area contributed by atoms with Crippen LogP contribution in [0.25, 0.3) is 0 Å². The number of carbonyl (C=O) groups is 1. The summed E-state index contributed by atoms with van der Waals surface area (Å²) >= 11 is 6.02. The van der Waals surface area contributed by atoms with Gasteiger partial charge in [-0.1, -0.05) is 23.7 Å². The van der Waals surface area contributed by atoms with Crippen molar-refractivity contribution >= 4 is 17.4 Å². The SMILES string of the molecule is COC1(C(=O)c2ccc(C)c(Cl)c2)CCC1. The van der Waals surface area contributed by atoms with Crippen molar-refractivity contribution in [3.63, 3.8) is 0 Å². The third-order valence-corrected chi connectivity index (χ3v) is 3.81. The fourth-order valence-corrected chi connectivity index (χ4v) is 2.20. The minimum absolute atomic E-state index is 0.0585. The second kappa shape index (κ2) is 4.19. The maximum absolute atomic E-state index is 12.3. The smallest absolute Gasteiger partial charge is 0.194 e. The number of halogens is 1. The molecule has 86 valence electrons. The molecule has 3 heteroatoms. The molecule has 0 radical (unpaired) electrons. The van der Waals surface area contributed by atoms with Crippen LogP contribution in [0.5, 0.6) is 0 Å². The minimum Gasteiger partial charge on any atom is -0.370 e. The molecule has 0 bridgehead atoms. The number of Topliss-reactive ketones (excluding diaryl/α,β-unsaturated/α-hetero) is 1. The van der Waals surface area contributed by atoms with Crippen molar-refractivity contribution < 1.29 is 9.53 Å². The second-order valence-corrected chi connectivity index (χ2v) is 4.75. The second-order valence-electron chi connectivity index (χ2n) is 4.35. The maximum atomic E-state index is 12.3. The maximum Gasteiger partial charge on any atom is 0.194 e. The Bertz CT molecular complexity index is 416. The standard InChI is InChI=1S/C13H15ClO2/c1-9-4-5-10(8-11(9)14)12(15)13(16-2)6-3-7-13/h4-5,8H,3,6-7H2,1-2H3. The third-order valence-electron chi connectivity index (χ3n) is 3.40. The first-order valence-electron chi connectivity index (χ1n) is 5.45. The zero-order chi connectivity index (χ0) is 11.8. The van der Waals surface area contributed by atoms with Gasteiger partial charge in [-0.2, -0.15) is 0 Å². The molecule has 0 atom stereocenters. The number of ether oxygens (including phenoxy) is 1. The molecule has 1 aliphatic rings. The van der Waals surface area contributed by atoms with Crippen LogP contribution in [0.15, 0.2) is 18.2 Å². The Morgan fingerprint density at radius 1 is 1.44 bits per heavy atom. The van der Waals surface area contributed by atoms with E-state index >= 15 is 0 Å². The van der Waals surface area contributed by atoms with Crippen LogP contribution in [0.1, 0.15) is 35.2 Å². The average molecular weight is 239 g/mol.